The minimum absolute atomic E-state index is 0.247. The molecule has 0 radical (unpaired) electrons. The standard InChI is InChI=1S/C20H26N2O2S/c1-4-15(3)22(20(23)16-8-9-16)11-17-13-25-19(21-17)12-24-18-7-5-6-14(2)10-18/h5-7,10,13,15-16H,4,8-9,11-12H2,1-3H3/t15-/m1/s1. The highest BCUT2D eigenvalue weighted by Gasteiger charge is 2.35. The second-order valence-corrected chi connectivity index (χ2v) is 7.78. The first-order valence-electron chi connectivity index (χ1n) is 9.00. The monoisotopic (exact) mass is 358 g/mol. The summed E-state index contributed by atoms with van der Waals surface area (Å²) >= 11 is 1.60. The Morgan fingerprint density at radius 2 is 2.24 bits per heavy atom. The summed E-state index contributed by atoms with van der Waals surface area (Å²) in [7, 11) is 0. The zero-order valence-corrected chi connectivity index (χ0v) is 16.0. The number of hydrogen-bond acceptors (Lipinski definition) is 4. The van der Waals surface area contributed by atoms with Gasteiger partial charge >= 0.3 is 0 Å². The Labute approximate surface area is 153 Å². The SMILES string of the molecule is CC[C@@H](C)N(Cc1csc(COc2cccc(C)c2)n1)C(=O)C1CC1. The van der Waals surface area contributed by atoms with E-state index in [4.69, 9.17) is 4.74 Å². The Kier molecular flexibility index (Phi) is 5.74. The van der Waals surface area contributed by atoms with Gasteiger partial charge in [-0.3, -0.25) is 4.79 Å². The molecule has 1 fully saturated rings. The molecule has 1 aromatic heterocycles. The molecule has 3 rings (SSSR count). The number of rotatable bonds is 8. The summed E-state index contributed by atoms with van der Waals surface area (Å²) in [4.78, 5) is 19.2. The van der Waals surface area contributed by atoms with Crippen LogP contribution in [-0.2, 0) is 17.9 Å². The van der Waals surface area contributed by atoms with Crippen LogP contribution in [0.15, 0.2) is 29.6 Å². The molecule has 2 aromatic rings. The van der Waals surface area contributed by atoms with Crippen LogP contribution in [0.5, 0.6) is 5.75 Å². The van der Waals surface area contributed by atoms with Gasteiger partial charge in [-0.1, -0.05) is 19.1 Å². The summed E-state index contributed by atoms with van der Waals surface area (Å²) in [6.07, 6.45) is 3.04. The number of hydrogen-bond donors (Lipinski definition) is 0. The van der Waals surface area contributed by atoms with E-state index in [1.165, 1.54) is 5.56 Å². The van der Waals surface area contributed by atoms with Gasteiger partial charge in [0, 0.05) is 17.3 Å². The summed E-state index contributed by atoms with van der Waals surface area (Å²) in [5.74, 6) is 1.40. The molecule has 1 heterocycles. The lowest BCUT2D eigenvalue weighted by atomic mass is 10.2. The summed E-state index contributed by atoms with van der Waals surface area (Å²) in [6.45, 7) is 7.36. The number of nitrogens with zero attached hydrogens (tertiary/aromatic N) is 2. The van der Waals surface area contributed by atoms with Crippen molar-refractivity contribution in [2.75, 3.05) is 0 Å². The van der Waals surface area contributed by atoms with Gasteiger partial charge in [-0.2, -0.15) is 0 Å². The lowest BCUT2D eigenvalue weighted by Gasteiger charge is -2.28. The first-order chi connectivity index (χ1) is 12.1. The largest absolute Gasteiger partial charge is 0.486 e. The van der Waals surface area contributed by atoms with Crippen molar-refractivity contribution in [2.24, 2.45) is 5.92 Å². The molecule has 134 valence electrons. The molecular formula is C20H26N2O2S. The molecule has 1 saturated carbocycles. The molecule has 0 aliphatic heterocycles. The molecule has 1 atom stereocenters. The highest BCUT2D eigenvalue weighted by molar-refractivity contribution is 7.09. The number of thiazole rings is 1. The fraction of sp³-hybridized carbons (Fsp3) is 0.500. The fourth-order valence-electron chi connectivity index (χ4n) is 2.75. The summed E-state index contributed by atoms with van der Waals surface area (Å²) < 4.78 is 5.82. The molecule has 0 N–H and O–H groups in total. The first-order valence-corrected chi connectivity index (χ1v) is 9.88. The lowest BCUT2D eigenvalue weighted by molar-refractivity contribution is -0.135. The van der Waals surface area contributed by atoms with Gasteiger partial charge in [0.2, 0.25) is 5.91 Å². The Balaban J connectivity index is 1.60. The van der Waals surface area contributed by atoms with E-state index < -0.39 is 0 Å². The third-order valence-electron chi connectivity index (χ3n) is 4.62. The zero-order chi connectivity index (χ0) is 17.8. The molecule has 1 aliphatic rings. The molecule has 1 amide bonds. The van der Waals surface area contributed by atoms with Gasteiger partial charge < -0.3 is 9.64 Å². The van der Waals surface area contributed by atoms with E-state index in [0.29, 0.717) is 19.1 Å². The highest BCUT2D eigenvalue weighted by atomic mass is 32.1. The Morgan fingerprint density at radius 1 is 1.44 bits per heavy atom. The van der Waals surface area contributed by atoms with Crippen LogP contribution in [0.25, 0.3) is 0 Å². The third-order valence-corrected chi connectivity index (χ3v) is 5.49. The number of amides is 1. The number of ether oxygens (including phenoxy) is 1. The predicted molar refractivity (Wildman–Crippen MR) is 101 cm³/mol. The van der Waals surface area contributed by atoms with Crippen molar-refractivity contribution in [1.29, 1.82) is 0 Å². The van der Waals surface area contributed by atoms with Crippen LogP contribution in [0.2, 0.25) is 0 Å². The molecule has 1 aromatic carbocycles. The molecule has 1 aliphatic carbocycles. The van der Waals surface area contributed by atoms with Crippen LogP contribution < -0.4 is 4.74 Å². The molecule has 25 heavy (non-hydrogen) atoms. The normalized spacial score (nSPS) is 15.0. The highest BCUT2D eigenvalue weighted by Crippen LogP contribution is 2.32. The van der Waals surface area contributed by atoms with Crippen LogP contribution in [-0.4, -0.2) is 21.8 Å². The third kappa shape index (κ3) is 4.82. The average molecular weight is 359 g/mol. The second-order valence-electron chi connectivity index (χ2n) is 6.84. The molecule has 0 bridgehead atoms. The average Bonchev–Trinajstić information content (AvgIpc) is 3.37. The molecule has 4 nitrogen and oxygen atoms in total. The minimum atomic E-state index is 0.247. The van der Waals surface area contributed by atoms with E-state index >= 15 is 0 Å². The lowest BCUT2D eigenvalue weighted by Crippen LogP contribution is -2.38. The van der Waals surface area contributed by atoms with Gasteiger partial charge in [-0.15, -0.1) is 11.3 Å². The zero-order valence-electron chi connectivity index (χ0n) is 15.2. The fourth-order valence-corrected chi connectivity index (χ4v) is 3.44. The number of benzene rings is 1. The van der Waals surface area contributed by atoms with Crippen LogP contribution in [0.4, 0.5) is 0 Å². The maximum Gasteiger partial charge on any atom is 0.226 e. The number of carbonyl (C=O) groups is 1. The second kappa shape index (κ2) is 8.00. The first kappa shape index (κ1) is 17.9. The van der Waals surface area contributed by atoms with Gasteiger partial charge in [0.15, 0.2) is 0 Å². The number of aryl methyl sites for hydroxylation is 1. The van der Waals surface area contributed by atoms with Gasteiger partial charge in [0.25, 0.3) is 0 Å². The maximum atomic E-state index is 12.5. The Hall–Kier alpha value is -1.88. The van der Waals surface area contributed by atoms with E-state index in [0.717, 1.165) is 35.7 Å². The topological polar surface area (TPSA) is 42.4 Å². The van der Waals surface area contributed by atoms with E-state index in [-0.39, 0.29) is 12.0 Å². The molecule has 0 saturated heterocycles. The van der Waals surface area contributed by atoms with Crippen LogP contribution in [0, 0.1) is 12.8 Å². The van der Waals surface area contributed by atoms with Crippen molar-refractivity contribution in [3.05, 3.63) is 45.9 Å². The smallest absolute Gasteiger partial charge is 0.226 e. The predicted octanol–water partition coefficient (Wildman–Crippen LogP) is 4.57. The maximum absolute atomic E-state index is 12.5. The summed E-state index contributed by atoms with van der Waals surface area (Å²) in [5, 5.41) is 2.99. The number of aromatic nitrogens is 1. The van der Waals surface area contributed by atoms with E-state index in [9.17, 15) is 4.79 Å². The summed E-state index contributed by atoms with van der Waals surface area (Å²) in [5.41, 5.74) is 2.14. The molecular weight excluding hydrogens is 332 g/mol. The minimum Gasteiger partial charge on any atom is -0.486 e. The van der Waals surface area contributed by atoms with E-state index in [2.05, 4.69) is 31.8 Å². The van der Waals surface area contributed by atoms with Crippen LogP contribution in [0.3, 0.4) is 0 Å². The van der Waals surface area contributed by atoms with Crippen LogP contribution in [0.1, 0.15) is 49.4 Å². The quantitative estimate of drug-likeness (QED) is 0.694. The van der Waals surface area contributed by atoms with Gasteiger partial charge in [0.1, 0.15) is 17.4 Å². The van der Waals surface area contributed by atoms with Crippen molar-refractivity contribution >= 4 is 17.2 Å². The van der Waals surface area contributed by atoms with Gasteiger partial charge in [-0.05, 0) is 50.8 Å². The summed E-state index contributed by atoms with van der Waals surface area (Å²) in [6, 6.07) is 8.27. The number of carbonyl (C=O) groups excluding carboxylic acids is 1. The Bertz CT molecular complexity index is 724. The molecule has 5 heteroatoms. The van der Waals surface area contributed by atoms with Crippen molar-refractivity contribution < 1.29 is 9.53 Å². The van der Waals surface area contributed by atoms with E-state index in [1.54, 1.807) is 11.3 Å². The molecule has 0 unspecified atom stereocenters. The molecule has 0 spiro atoms. The van der Waals surface area contributed by atoms with Crippen molar-refractivity contribution in [3.8, 4) is 5.75 Å². The van der Waals surface area contributed by atoms with Gasteiger partial charge in [0.05, 0.1) is 12.2 Å². The Morgan fingerprint density at radius 3 is 2.92 bits per heavy atom. The van der Waals surface area contributed by atoms with Crippen molar-refractivity contribution in [2.45, 2.75) is 59.2 Å². The van der Waals surface area contributed by atoms with Crippen LogP contribution >= 0.6 is 11.3 Å². The van der Waals surface area contributed by atoms with Crippen molar-refractivity contribution in [1.82, 2.24) is 9.88 Å². The van der Waals surface area contributed by atoms with Crippen molar-refractivity contribution in [3.63, 3.8) is 0 Å². The van der Waals surface area contributed by atoms with Gasteiger partial charge in [-0.25, -0.2) is 4.98 Å². The van der Waals surface area contributed by atoms with E-state index in [1.807, 2.05) is 28.5 Å².